The molecule has 1 aliphatic heterocycles. The number of nitrogens with one attached hydrogen (secondary N) is 1. The minimum atomic E-state index is 0.158. The van der Waals surface area contributed by atoms with Gasteiger partial charge in [-0.25, -0.2) is 4.79 Å². The SMILES string of the molecule is CCCCCCCCCCCCNC(=O)N1CCCCC1. The summed E-state index contributed by atoms with van der Waals surface area (Å²) in [6.07, 6.45) is 17.1. The van der Waals surface area contributed by atoms with Crippen molar-refractivity contribution >= 4 is 6.03 Å². The first kappa shape index (κ1) is 18.3. The highest BCUT2D eigenvalue weighted by Gasteiger charge is 2.15. The Labute approximate surface area is 131 Å². The van der Waals surface area contributed by atoms with Gasteiger partial charge in [-0.1, -0.05) is 64.7 Å². The fourth-order valence-corrected chi connectivity index (χ4v) is 3.02. The molecule has 3 nitrogen and oxygen atoms in total. The minimum absolute atomic E-state index is 0.158. The maximum absolute atomic E-state index is 11.9. The topological polar surface area (TPSA) is 32.3 Å². The van der Waals surface area contributed by atoms with Crippen molar-refractivity contribution in [2.24, 2.45) is 0 Å². The van der Waals surface area contributed by atoms with Crippen LogP contribution in [0.2, 0.25) is 0 Å². The summed E-state index contributed by atoms with van der Waals surface area (Å²) in [6, 6.07) is 0.158. The van der Waals surface area contributed by atoms with Crippen LogP contribution in [0.25, 0.3) is 0 Å². The van der Waals surface area contributed by atoms with Gasteiger partial charge < -0.3 is 10.2 Å². The van der Waals surface area contributed by atoms with E-state index in [-0.39, 0.29) is 6.03 Å². The standard InChI is InChI=1S/C18H36N2O/c1-2-3-4-5-6-7-8-9-10-12-15-19-18(21)20-16-13-11-14-17-20/h2-17H2,1H3,(H,19,21). The molecule has 0 unspecified atom stereocenters. The van der Waals surface area contributed by atoms with Crippen molar-refractivity contribution in [1.82, 2.24) is 10.2 Å². The Morgan fingerprint density at radius 2 is 1.33 bits per heavy atom. The van der Waals surface area contributed by atoms with Crippen molar-refractivity contribution in [3.05, 3.63) is 0 Å². The van der Waals surface area contributed by atoms with E-state index in [2.05, 4.69) is 12.2 Å². The molecule has 0 aromatic heterocycles. The number of amides is 2. The van der Waals surface area contributed by atoms with Crippen LogP contribution in [0.3, 0.4) is 0 Å². The summed E-state index contributed by atoms with van der Waals surface area (Å²) in [4.78, 5) is 13.8. The van der Waals surface area contributed by atoms with Gasteiger partial charge in [0.2, 0.25) is 0 Å². The van der Waals surface area contributed by atoms with E-state index in [9.17, 15) is 4.79 Å². The Balaban J connectivity index is 1.80. The molecule has 1 fully saturated rings. The van der Waals surface area contributed by atoms with E-state index in [4.69, 9.17) is 0 Å². The van der Waals surface area contributed by atoms with Gasteiger partial charge in [-0.2, -0.15) is 0 Å². The molecule has 1 saturated heterocycles. The van der Waals surface area contributed by atoms with Gasteiger partial charge in [0, 0.05) is 19.6 Å². The van der Waals surface area contributed by atoms with Gasteiger partial charge in [0.15, 0.2) is 0 Å². The molecule has 3 heteroatoms. The first-order chi connectivity index (χ1) is 10.3. The van der Waals surface area contributed by atoms with Crippen molar-refractivity contribution in [3.63, 3.8) is 0 Å². The highest BCUT2D eigenvalue weighted by atomic mass is 16.2. The number of carbonyl (C=O) groups is 1. The zero-order valence-corrected chi connectivity index (χ0v) is 14.2. The lowest BCUT2D eigenvalue weighted by Crippen LogP contribution is -2.43. The summed E-state index contributed by atoms with van der Waals surface area (Å²) in [5, 5.41) is 3.06. The van der Waals surface area contributed by atoms with Crippen LogP contribution < -0.4 is 5.32 Å². The van der Waals surface area contributed by atoms with E-state index >= 15 is 0 Å². The largest absolute Gasteiger partial charge is 0.338 e. The van der Waals surface area contributed by atoms with Crippen molar-refractivity contribution < 1.29 is 4.79 Å². The van der Waals surface area contributed by atoms with Crippen LogP contribution in [-0.2, 0) is 0 Å². The lowest BCUT2D eigenvalue weighted by Gasteiger charge is -2.26. The van der Waals surface area contributed by atoms with Gasteiger partial charge >= 0.3 is 6.03 Å². The summed E-state index contributed by atoms with van der Waals surface area (Å²) in [5.74, 6) is 0. The van der Waals surface area contributed by atoms with Gasteiger partial charge in [-0.3, -0.25) is 0 Å². The predicted molar refractivity (Wildman–Crippen MR) is 90.7 cm³/mol. The molecule has 21 heavy (non-hydrogen) atoms. The van der Waals surface area contributed by atoms with Crippen LogP contribution in [0.4, 0.5) is 4.79 Å². The number of rotatable bonds is 11. The second kappa shape index (κ2) is 13.0. The fraction of sp³-hybridized carbons (Fsp3) is 0.944. The normalized spacial score (nSPS) is 15.2. The third-order valence-corrected chi connectivity index (χ3v) is 4.45. The number of carbonyl (C=O) groups excluding carboxylic acids is 1. The van der Waals surface area contributed by atoms with Crippen LogP contribution in [0.15, 0.2) is 0 Å². The number of unbranched alkanes of at least 4 members (excludes halogenated alkanes) is 9. The summed E-state index contributed by atoms with van der Waals surface area (Å²) in [5.41, 5.74) is 0. The molecule has 0 spiro atoms. The zero-order chi connectivity index (χ0) is 15.2. The molecule has 0 aliphatic carbocycles. The molecule has 0 radical (unpaired) electrons. The summed E-state index contributed by atoms with van der Waals surface area (Å²) >= 11 is 0. The quantitative estimate of drug-likeness (QED) is 0.528. The Hall–Kier alpha value is -0.730. The number of hydrogen-bond donors (Lipinski definition) is 1. The van der Waals surface area contributed by atoms with Crippen LogP contribution in [-0.4, -0.2) is 30.6 Å². The van der Waals surface area contributed by atoms with Gasteiger partial charge in [0.25, 0.3) is 0 Å². The van der Waals surface area contributed by atoms with Crippen LogP contribution in [0.5, 0.6) is 0 Å². The van der Waals surface area contributed by atoms with E-state index in [0.29, 0.717) is 0 Å². The van der Waals surface area contributed by atoms with E-state index in [1.165, 1.54) is 77.0 Å². The number of likely N-dealkylation sites (tertiary alicyclic amines) is 1. The molecule has 0 atom stereocenters. The molecule has 0 saturated carbocycles. The average molecular weight is 296 g/mol. The highest BCUT2D eigenvalue weighted by molar-refractivity contribution is 5.74. The van der Waals surface area contributed by atoms with E-state index in [1.54, 1.807) is 0 Å². The molecule has 1 rings (SSSR count). The van der Waals surface area contributed by atoms with Crippen molar-refractivity contribution in [1.29, 1.82) is 0 Å². The Kier molecular flexibility index (Phi) is 11.3. The van der Waals surface area contributed by atoms with Crippen molar-refractivity contribution in [3.8, 4) is 0 Å². The van der Waals surface area contributed by atoms with Gasteiger partial charge in [0.05, 0.1) is 0 Å². The monoisotopic (exact) mass is 296 g/mol. The fourth-order valence-electron chi connectivity index (χ4n) is 3.02. The van der Waals surface area contributed by atoms with Crippen LogP contribution >= 0.6 is 0 Å². The third-order valence-electron chi connectivity index (χ3n) is 4.45. The number of hydrogen-bond acceptors (Lipinski definition) is 1. The second-order valence-electron chi connectivity index (χ2n) is 6.46. The first-order valence-electron chi connectivity index (χ1n) is 9.37. The van der Waals surface area contributed by atoms with Gasteiger partial charge in [0.1, 0.15) is 0 Å². The summed E-state index contributed by atoms with van der Waals surface area (Å²) < 4.78 is 0. The van der Waals surface area contributed by atoms with Gasteiger partial charge in [-0.05, 0) is 25.7 Å². The van der Waals surface area contributed by atoms with E-state index < -0.39 is 0 Å². The number of nitrogens with zero attached hydrogens (tertiary/aromatic N) is 1. The van der Waals surface area contributed by atoms with E-state index in [1.807, 2.05) is 4.90 Å². The molecule has 1 aliphatic rings. The maximum atomic E-state index is 11.9. The lowest BCUT2D eigenvalue weighted by molar-refractivity contribution is 0.186. The Morgan fingerprint density at radius 3 is 1.90 bits per heavy atom. The molecule has 0 bridgehead atoms. The molecule has 1 heterocycles. The lowest BCUT2D eigenvalue weighted by atomic mass is 10.1. The maximum Gasteiger partial charge on any atom is 0.317 e. The van der Waals surface area contributed by atoms with E-state index in [0.717, 1.165) is 26.1 Å². The molecular weight excluding hydrogens is 260 g/mol. The third kappa shape index (κ3) is 9.76. The average Bonchev–Trinajstić information content (AvgIpc) is 2.53. The smallest absolute Gasteiger partial charge is 0.317 e. The Morgan fingerprint density at radius 1 is 0.810 bits per heavy atom. The second-order valence-corrected chi connectivity index (χ2v) is 6.46. The number of piperidine rings is 1. The summed E-state index contributed by atoms with van der Waals surface area (Å²) in [6.45, 7) is 5.02. The highest BCUT2D eigenvalue weighted by Crippen LogP contribution is 2.11. The summed E-state index contributed by atoms with van der Waals surface area (Å²) in [7, 11) is 0. The zero-order valence-electron chi connectivity index (χ0n) is 14.2. The molecule has 0 aromatic rings. The van der Waals surface area contributed by atoms with Crippen LogP contribution in [0.1, 0.15) is 90.4 Å². The van der Waals surface area contributed by atoms with Crippen molar-refractivity contribution in [2.45, 2.75) is 90.4 Å². The minimum Gasteiger partial charge on any atom is -0.338 e. The Bertz CT molecular complexity index is 250. The van der Waals surface area contributed by atoms with Crippen molar-refractivity contribution in [2.75, 3.05) is 19.6 Å². The predicted octanol–water partition coefficient (Wildman–Crippen LogP) is 5.10. The molecule has 1 N–H and O–H groups in total. The molecule has 124 valence electrons. The van der Waals surface area contributed by atoms with Crippen LogP contribution in [0, 0.1) is 0 Å². The molecule has 2 amide bonds. The molecule has 0 aromatic carbocycles. The molecular formula is C18H36N2O. The first-order valence-corrected chi connectivity index (χ1v) is 9.37. The van der Waals surface area contributed by atoms with Gasteiger partial charge in [-0.15, -0.1) is 0 Å². The number of urea groups is 1.